The third-order valence-electron chi connectivity index (χ3n) is 4.45. The highest BCUT2D eigenvalue weighted by atomic mass is 35.5. The molecular weight excluding hydrogens is 352 g/mol. The monoisotopic (exact) mass is 372 g/mol. The van der Waals surface area contributed by atoms with Gasteiger partial charge in [0.1, 0.15) is 5.58 Å². The van der Waals surface area contributed by atoms with Crippen LogP contribution < -0.4 is 10.0 Å². The third kappa shape index (κ3) is 3.32. The van der Waals surface area contributed by atoms with Gasteiger partial charge in [-0.15, -0.1) is 0 Å². The Morgan fingerprint density at radius 2 is 2.25 bits per heavy atom. The number of rotatable bonds is 6. The van der Waals surface area contributed by atoms with Crippen LogP contribution in [0.5, 0.6) is 0 Å². The average molecular weight is 373 g/mol. The molecule has 1 saturated heterocycles. The molecule has 8 heteroatoms. The molecule has 1 aromatic heterocycles. The molecule has 3 rings (SSSR count). The molecule has 1 aliphatic heterocycles. The normalized spacial score (nSPS) is 21.6. The molecule has 2 aromatic rings. The van der Waals surface area contributed by atoms with Crippen molar-refractivity contribution in [3.63, 3.8) is 0 Å². The van der Waals surface area contributed by atoms with Crippen LogP contribution in [-0.2, 0) is 14.8 Å². The van der Waals surface area contributed by atoms with E-state index in [4.69, 9.17) is 20.8 Å². The SMILES string of the molecule is COCC1(CNS(=O)(=O)c2oc3ccc(Cl)cc3c2C)CCCN1. The summed E-state index contributed by atoms with van der Waals surface area (Å²) in [4.78, 5) is 0. The molecule has 1 aromatic carbocycles. The summed E-state index contributed by atoms with van der Waals surface area (Å²) < 4.78 is 38.9. The van der Waals surface area contributed by atoms with E-state index in [1.165, 1.54) is 0 Å². The minimum absolute atomic E-state index is 0.0645. The Morgan fingerprint density at radius 3 is 2.92 bits per heavy atom. The van der Waals surface area contributed by atoms with Crippen LogP contribution >= 0.6 is 11.6 Å². The molecule has 0 saturated carbocycles. The van der Waals surface area contributed by atoms with E-state index in [1.54, 1.807) is 32.2 Å². The zero-order chi connectivity index (χ0) is 17.4. The van der Waals surface area contributed by atoms with Crippen LogP contribution in [0.15, 0.2) is 27.7 Å². The van der Waals surface area contributed by atoms with Gasteiger partial charge in [-0.3, -0.25) is 0 Å². The summed E-state index contributed by atoms with van der Waals surface area (Å²) in [5.74, 6) is 0. The maximum absolute atomic E-state index is 12.7. The summed E-state index contributed by atoms with van der Waals surface area (Å²) >= 11 is 5.99. The van der Waals surface area contributed by atoms with E-state index in [2.05, 4.69) is 10.0 Å². The Balaban J connectivity index is 1.87. The molecule has 0 bridgehead atoms. The Hall–Kier alpha value is -1.12. The Bertz CT molecular complexity index is 841. The molecule has 1 aliphatic rings. The molecule has 1 atom stereocenters. The average Bonchev–Trinajstić information content (AvgIpc) is 3.12. The fraction of sp³-hybridized carbons (Fsp3) is 0.500. The standard InChI is InChI=1S/C16H21ClN2O4S/c1-11-13-8-12(17)4-5-14(13)23-15(11)24(20,21)19-9-16(10-22-2)6-3-7-18-16/h4-5,8,18-19H,3,6-7,9-10H2,1-2H3. The molecule has 0 aliphatic carbocycles. The van der Waals surface area contributed by atoms with Crippen molar-refractivity contribution in [2.75, 3.05) is 26.8 Å². The van der Waals surface area contributed by atoms with Gasteiger partial charge in [0.2, 0.25) is 5.09 Å². The highest BCUT2D eigenvalue weighted by molar-refractivity contribution is 7.89. The largest absolute Gasteiger partial charge is 0.443 e. The number of sulfonamides is 1. The van der Waals surface area contributed by atoms with Crippen molar-refractivity contribution >= 4 is 32.6 Å². The van der Waals surface area contributed by atoms with Crippen molar-refractivity contribution in [2.24, 2.45) is 0 Å². The summed E-state index contributed by atoms with van der Waals surface area (Å²) in [6, 6.07) is 5.06. The first kappa shape index (κ1) is 17.7. The number of methoxy groups -OCH3 is 1. The Morgan fingerprint density at radius 1 is 1.46 bits per heavy atom. The van der Waals surface area contributed by atoms with Gasteiger partial charge in [-0.2, -0.15) is 0 Å². The van der Waals surface area contributed by atoms with Crippen LogP contribution in [0.3, 0.4) is 0 Å². The fourth-order valence-corrected chi connectivity index (χ4v) is 4.68. The van der Waals surface area contributed by atoms with Crippen LogP contribution in [0.4, 0.5) is 0 Å². The Kier molecular flexibility index (Phi) is 4.90. The summed E-state index contributed by atoms with van der Waals surface area (Å²) in [6.07, 6.45) is 1.85. The van der Waals surface area contributed by atoms with E-state index < -0.39 is 10.0 Å². The van der Waals surface area contributed by atoms with Crippen LogP contribution in [0.25, 0.3) is 11.0 Å². The maximum Gasteiger partial charge on any atom is 0.274 e. The van der Waals surface area contributed by atoms with E-state index in [0.717, 1.165) is 19.4 Å². The van der Waals surface area contributed by atoms with Crippen molar-refractivity contribution in [1.29, 1.82) is 0 Å². The molecule has 1 unspecified atom stereocenters. The predicted octanol–water partition coefficient (Wildman–Crippen LogP) is 2.44. The quantitative estimate of drug-likeness (QED) is 0.814. The number of aryl methyl sites for hydroxylation is 1. The maximum atomic E-state index is 12.7. The van der Waals surface area contributed by atoms with Gasteiger partial charge in [-0.1, -0.05) is 11.6 Å². The zero-order valence-electron chi connectivity index (χ0n) is 13.7. The summed E-state index contributed by atoms with van der Waals surface area (Å²) in [5.41, 5.74) is 0.688. The first-order chi connectivity index (χ1) is 11.4. The van der Waals surface area contributed by atoms with Crippen molar-refractivity contribution in [3.05, 3.63) is 28.8 Å². The summed E-state index contributed by atoms with van der Waals surface area (Å²) in [6.45, 7) is 3.27. The smallest absolute Gasteiger partial charge is 0.274 e. The first-order valence-electron chi connectivity index (χ1n) is 7.79. The van der Waals surface area contributed by atoms with Crippen LogP contribution in [0, 0.1) is 6.92 Å². The van der Waals surface area contributed by atoms with Crippen LogP contribution in [0.1, 0.15) is 18.4 Å². The fourth-order valence-electron chi connectivity index (χ4n) is 3.20. The minimum atomic E-state index is -3.76. The van der Waals surface area contributed by atoms with Gasteiger partial charge in [-0.05, 0) is 44.5 Å². The topological polar surface area (TPSA) is 80.6 Å². The second-order valence-electron chi connectivity index (χ2n) is 6.22. The highest BCUT2D eigenvalue weighted by Crippen LogP contribution is 2.30. The van der Waals surface area contributed by atoms with Crippen LogP contribution in [0.2, 0.25) is 5.02 Å². The molecule has 2 heterocycles. The second kappa shape index (κ2) is 6.65. The molecule has 24 heavy (non-hydrogen) atoms. The summed E-state index contributed by atoms with van der Waals surface area (Å²) in [7, 11) is -2.15. The van der Waals surface area contributed by atoms with Gasteiger partial charge in [0.05, 0.1) is 12.1 Å². The van der Waals surface area contributed by atoms with Crippen molar-refractivity contribution in [2.45, 2.75) is 30.4 Å². The lowest BCUT2D eigenvalue weighted by molar-refractivity contribution is 0.122. The number of ether oxygens (including phenoxy) is 1. The molecule has 6 nitrogen and oxygen atoms in total. The van der Waals surface area contributed by atoms with Gasteiger partial charge in [0, 0.05) is 29.6 Å². The van der Waals surface area contributed by atoms with E-state index in [9.17, 15) is 8.42 Å². The highest BCUT2D eigenvalue weighted by Gasteiger charge is 2.35. The van der Waals surface area contributed by atoms with Gasteiger partial charge < -0.3 is 14.5 Å². The Labute approximate surface area is 146 Å². The van der Waals surface area contributed by atoms with Crippen molar-refractivity contribution < 1.29 is 17.6 Å². The number of furan rings is 1. The van der Waals surface area contributed by atoms with Crippen LogP contribution in [-0.4, -0.2) is 40.8 Å². The molecule has 2 N–H and O–H groups in total. The van der Waals surface area contributed by atoms with Gasteiger partial charge in [0.25, 0.3) is 10.0 Å². The lowest BCUT2D eigenvalue weighted by Crippen LogP contribution is -2.52. The number of nitrogens with one attached hydrogen (secondary N) is 2. The molecular formula is C16H21ClN2O4S. The molecule has 0 spiro atoms. The van der Waals surface area contributed by atoms with Crippen molar-refractivity contribution in [1.82, 2.24) is 10.0 Å². The second-order valence-corrected chi connectivity index (χ2v) is 8.33. The summed E-state index contributed by atoms with van der Waals surface area (Å²) in [5, 5.41) is 4.52. The third-order valence-corrected chi connectivity index (χ3v) is 6.09. The van der Waals surface area contributed by atoms with Gasteiger partial charge >= 0.3 is 0 Å². The number of hydrogen-bond donors (Lipinski definition) is 2. The number of hydrogen-bond acceptors (Lipinski definition) is 5. The van der Waals surface area contributed by atoms with E-state index >= 15 is 0 Å². The minimum Gasteiger partial charge on any atom is -0.443 e. The molecule has 0 amide bonds. The lowest BCUT2D eigenvalue weighted by atomic mass is 9.99. The van der Waals surface area contributed by atoms with Gasteiger partial charge in [-0.25, -0.2) is 13.1 Å². The lowest BCUT2D eigenvalue weighted by Gasteiger charge is -2.28. The number of halogens is 1. The number of benzene rings is 1. The number of fused-ring (bicyclic) bond motifs is 1. The first-order valence-corrected chi connectivity index (χ1v) is 9.65. The zero-order valence-corrected chi connectivity index (χ0v) is 15.3. The van der Waals surface area contributed by atoms with E-state index in [0.29, 0.717) is 28.2 Å². The molecule has 1 fully saturated rings. The predicted molar refractivity (Wildman–Crippen MR) is 93.0 cm³/mol. The molecule has 132 valence electrons. The van der Waals surface area contributed by atoms with E-state index in [-0.39, 0.29) is 17.2 Å². The van der Waals surface area contributed by atoms with E-state index in [1.807, 2.05) is 0 Å². The molecule has 0 radical (unpaired) electrons. The van der Waals surface area contributed by atoms with Gasteiger partial charge in [0.15, 0.2) is 0 Å². The van der Waals surface area contributed by atoms with Crippen molar-refractivity contribution in [3.8, 4) is 0 Å².